The Morgan fingerprint density at radius 1 is 1.36 bits per heavy atom. The Kier molecular flexibility index (Phi) is 4.45. The summed E-state index contributed by atoms with van der Waals surface area (Å²) < 4.78 is 35.1. The third-order valence-electron chi connectivity index (χ3n) is 3.34. The van der Waals surface area contributed by atoms with E-state index in [1.165, 1.54) is 22.4 Å². The number of nitrogens with zero attached hydrogens (tertiary/aromatic N) is 4. The molecule has 0 atom stereocenters. The lowest BCUT2D eigenvalue weighted by Crippen LogP contribution is -2.23. The third kappa shape index (κ3) is 3.33. The van der Waals surface area contributed by atoms with E-state index in [1.54, 1.807) is 13.2 Å². The van der Waals surface area contributed by atoms with Gasteiger partial charge in [-0.15, -0.1) is 0 Å². The molecule has 3 aromatic rings. The molecule has 0 fully saturated rings. The molecule has 0 N–H and O–H groups in total. The van der Waals surface area contributed by atoms with Gasteiger partial charge in [0.25, 0.3) is 5.91 Å². The van der Waals surface area contributed by atoms with Crippen LogP contribution in [0.2, 0.25) is 0 Å². The van der Waals surface area contributed by atoms with E-state index in [4.69, 9.17) is 0 Å². The van der Waals surface area contributed by atoms with E-state index in [0.29, 0.717) is 6.07 Å². The maximum absolute atomic E-state index is 14.2. The number of halogens is 2. The predicted molar refractivity (Wildman–Crippen MR) is 84.8 cm³/mol. The number of carbonyl (C=O) groups is 2. The van der Waals surface area contributed by atoms with Gasteiger partial charge in [0.1, 0.15) is 12.4 Å². The van der Waals surface area contributed by atoms with Crippen LogP contribution in [0.1, 0.15) is 10.5 Å². The minimum absolute atomic E-state index is 0.0237. The lowest BCUT2D eigenvalue weighted by molar-refractivity contribution is -0.141. The van der Waals surface area contributed by atoms with E-state index in [1.807, 2.05) is 0 Å². The molecule has 130 valence electrons. The number of benzene rings is 1. The molecule has 0 aliphatic heterocycles. The van der Waals surface area contributed by atoms with Crippen LogP contribution in [0.5, 0.6) is 0 Å². The van der Waals surface area contributed by atoms with Crippen molar-refractivity contribution in [3.63, 3.8) is 0 Å². The number of aromatic nitrogens is 3. The Hall–Kier alpha value is -2.88. The van der Waals surface area contributed by atoms with Crippen molar-refractivity contribution in [3.8, 4) is 0 Å². The van der Waals surface area contributed by atoms with Crippen LogP contribution in [-0.4, -0.2) is 33.3 Å². The first-order valence-electron chi connectivity index (χ1n) is 7.03. The highest BCUT2D eigenvalue weighted by molar-refractivity contribution is 7.16. The standard InChI is InChI=1S/C15H12F2N4O3S/c1-20-4-3-10(19-20)14(23)18-15-21(7-12(22)24-2)13-9(17)5-8(16)6-11(13)25-15/h3-6H,7H2,1-2H3. The summed E-state index contributed by atoms with van der Waals surface area (Å²) in [4.78, 5) is 27.8. The summed E-state index contributed by atoms with van der Waals surface area (Å²) in [6.45, 7) is -0.368. The molecule has 0 unspecified atom stereocenters. The maximum atomic E-state index is 14.2. The molecular formula is C15H12F2N4O3S. The topological polar surface area (TPSA) is 78.5 Å². The van der Waals surface area contributed by atoms with Gasteiger partial charge in [-0.3, -0.25) is 14.3 Å². The fourth-order valence-corrected chi connectivity index (χ4v) is 3.30. The van der Waals surface area contributed by atoms with Crippen LogP contribution in [0.4, 0.5) is 8.78 Å². The monoisotopic (exact) mass is 366 g/mol. The van der Waals surface area contributed by atoms with Crippen molar-refractivity contribution in [2.45, 2.75) is 6.54 Å². The molecule has 7 nitrogen and oxygen atoms in total. The second-order valence-corrected chi connectivity index (χ2v) is 6.08. The predicted octanol–water partition coefficient (Wildman–Crippen LogP) is 1.63. The van der Waals surface area contributed by atoms with Crippen molar-refractivity contribution in [2.75, 3.05) is 7.11 Å². The Morgan fingerprint density at radius 2 is 2.12 bits per heavy atom. The summed E-state index contributed by atoms with van der Waals surface area (Å²) in [5.41, 5.74) is 0.0700. The first kappa shape index (κ1) is 17.0. The number of hydrogen-bond acceptors (Lipinski definition) is 5. The molecule has 3 rings (SSSR count). The molecule has 2 heterocycles. The highest BCUT2D eigenvalue weighted by Crippen LogP contribution is 2.22. The Morgan fingerprint density at radius 3 is 2.76 bits per heavy atom. The first-order valence-corrected chi connectivity index (χ1v) is 7.84. The van der Waals surface area contributed by atoms with Gasteiger partial charge in [-0.1, -0.05) is 11.3 Å². The van der Waals surface area contributed by atoms with Crippen molar-refractivity contribution in [1.29, 1.82) is 0 Å². The van der Waals surface area contributed by atoms with Gasteiger partial charge in [0, 0.05) is 19.3 Å². The zero-order chi connectivity index (χ0) is 18.1. The third-order valence-corrected chi connectivity index (χ3v) is 4.37. The van der Waals surface area contributed by atoms with E-state index < -0.39 is 23.5 Å². The molecule has 0 radical (unpaired) electrons. The van der Waals surface area contributed by atoms with Crippen molar-refractivity contribution in [1.82, 2.24) is 14.3 Å². The summed E-state index contributed by atoms with van der Waals surface area (Å²) in [6.07, 6.45) is 1.57. The number of fused-ring (bicyclic) bond motifs is 1. The zero-order valence-corrected chi connectivity index (χ0v) is 14.0. The van der Waals surface area contributed by atoms with Gasteiger partial charge in [-0.25, -0.2) is 8.78 Å². The number of rotatable bonds is 3. The molecule has 10 heteroatoms. The average Bonchev–Trinajstić information content (AvgIpc) is 3.11. The largest absolute Gasteiger partial charge is 0.468 e. The maximum Gasteiger partial charge on any atom is 0.325 e. The zero-order valence-electron chi connectivity index (χ0n) is 13.2. The van der Waals surface area contributed by atoms with Gasteiger partial charge in [0.2, 0.25) is 0 Å². The molecule has 25 heavy (non-hydrogen) atoms. The Balaban J connectivity index is 2.20. The van der Waals surface area contributed by atoms with Crippen LogP contribution < -0.4 is 4.80 Å². The molecule has 1 amide bonds. The molecule has 2 aromatic heterocycles. The number of aryl methyl sites for hydroxylation is 1. The summed E-state index contributed by atoms with van der Waals surface area (Å²) in [5.74, 6) is -2.94. The minimum atomic E-state index is -0.859. The average molecular weight is 366 g/mol. The van der Waals surface area contributed by atoms with Gasteiger partial charge < -0.3 is 9.30 Å². The van der Waals surface area contributed by atoms with Gasteiger partial charge >= 0.3 is 5.97 Å². The van der Waals surface area contributed by atoms with Gasteiger partial charge in [-0.2, -0.15) is 10.1 Å². The highest BCUT2D eigenvalue weighted by Gasteiger charge is 2.17. The SMILES string of the molecule is COC(=O)Cn1c(=NC(=O)c2ccn(C)n2)sc2cc(F)cc(F)c21. The second-order valence-electron chi connectivity index (χ2n) is 5.07. The molecule has 0 aliphatic carbocycles. The molecular weight excluding hydrogens is 354 g/mol. The lowest BCUT2D eigenvalue weighted by atomic mass is 10.3. The summed E-state index contributed by atoms with van der Waals surface area (Å²) in [6, 6.07) is 3.29. The van der Waals surface area contributed by atoms with E-state index in [-0.39, 0.29) is 27.3 Å². The Labute approximate surface area is 143 Å². The lowest BCUT2D eigenvalue weighted by Gasteiger charge is -2.04. The number of methoxy groups -OCH3 is 1. The van der Waals surface area contributed by atoms with Crippen LogP contribution in [0, 0.1) is 11.6 Å². The number of thiazole rings is 1. The molecule has 0 saturated heterocycles. The smallest absolute Gasteiger partial charge is 0.325 e. The van der Waals surface area contributed by atoms with E-state index in [9.17, 15) is 18.4 Å². The van der Waals surface area contributed by atoms with E-state index in [0.717, 1.165) is 17.4 Å². The van der Waals surface area contributed by atoms with Crippen LogP contribution in [0.15, 0.2) is 29.4 Å². The summed E-state index contributed by atoms with van der Waals surface area (Å²) in [5, 5.41) is 3.94. The Bertz CT molecular complexity index is 1050. The summed E-state index contributed by atoms with van der Waals surface area (Å²) >= 11 is 0.888. The minimum Gasteiger partial charge on any atom is -0.468 e. The van der Waals surface area contributed by atoms with Crippen LogP contribution in [0.3, 0.4) is 0 Å². The second kappa shape index (κ2) is 6.55. The number of esters is 1. The van der Waals surface area contributed by atoms with Gasteiger partial charge in [0.05, 0.1) is 17.3 Å². The van der Waals surface area contributed by atoms with Crippen LogP contribution in [-0.2, 0) is 23.1 Å². The van der Waals surface area contributed by atoms with E-state index in [2.05, 4.69) is 14.8 Å². The number of carbonyl (C=O) groups excluding carboxylic acids is 2. The number of hydrogen-bond donors (Lipinski definition) is 0. The fourth-order valence-electron chi connectivity index (χ4n) is 2.23. The molecule has 0 spiro atoms. The summed E-state index contributed by atoms with van der Waals surface area (Å²) in [7, 11) is 2.83. The van der Waals surface area contributed by atoms with Gasteiger partial charge in [0.15, 0.2) is 16.3 Å². The fraction of sp³-hybridized carbons (Fsp3) is 0.200. The van der Waals surface area contributed by atoms with Crippen molar-refractivity contribution in [2.24, 2.45) is 12.0 Å². The molecule has 0 bridgehead atoms. The van der Waals surface area contributed by atoms with Crippen molar-refractivity contribution >= 4 is 33.4 Å². The molecule has 0 saturated carbocycles. The number of ether oxygens (including phenoxy) is 1. The number of amides is 1. The van der Waals surface area contributed by atoms with Crippen LogP contribution in [0.25, 0.3) is 10.2 Å². The molecule has 0 aliphatic rings. The normalized spacial score (nSPS) is 11.9. The molecule has 1 aromatic carbocycles. The quantitative estimate of drug-likeness (QED) is 0.660. The van der Waals surface area contributed by atoms with E-state index >= 15 is 0 Å². The first-order chi connectivity index (χ1) is 11.9. The van der Waals surface area contributed by atoms with Gasteiger partial charge in [-0.05, 0) is 12.1 Å². The van der Waals surface area contributed by atoms with Crippen molar-refractivity contribution < 1.29 is 23.1 Å². The highest BCUT2D eigenvalue weighted by atomic mass is 32.1. The van der Waals surface area contributed by atoms with Crippen LogP contribution >= 0.6 is 11.3 Å². The van der Waals surface area contributed by atoms with Crippen molar-refractivity contribution in [3.05, 3.63) is 46.5 Å².